The van der Waals surface area contributed by atoms with Gasteiger partial charge in [0.2, 0.25) is 0 Å². The Morgan fingerprint density at radius 3 is 1.57 bits per heavy atom. The molecule has 0 aliphatic heterocycles. The average Bonchev–Trinajstić information content (AvgIpc) is 1.36. The van der Waals surface area contributed by atoms with Gasteiger partial charge in [-0.1, -0.05) is 15.9 Å². The van der Waals surface area contributed by atoms with Gasteiger partial charge in [0, 0.05) is 0 Å². The minimum absolute atomic E-state index is 0. The number of hydrogen-bond acceptors (Lipinski definition) is 2. The molecule has 0 aliphatic rings. The molecular formula is C3H8BrNaO2. The molecular weight excluding hydrogens is 171 g/mol. The van der Waals surface area contributed by atoms with Gasteiger partial charge < -0.3 is 10.2 Å². The number of hydrogen-bond donors (Lipinski definition) is 2. The van der Waals surface area contributed by atoms with E-state index in [0.717, 1.165) is 0 Å². The van der Waals surface area contributed by atoms with Crippen molar-refractivity contribution in [2.45, 2.75) is 18.0 Å². The standard InChI is InChI=1S/C3H7BrO2.Na.H/c1-2(4)3(5)6;;/h2-3,5-6H,1H3;;. The molecule has 0 rings (SSSR count). The Balaban J connectivity index is 0. The van der Waals surface area contributed by atoms with E-state index in [0.29, 0.717) is 0 Å². The first-order valence-electron chi connectivity index (χ1n) is 1.65. The summed E-state index contributed by atoms with van der Waals surface area (Å²) in [5.41, 5.74) is 0. The molecule has 1 unspecified atom stereocenters. The van der Waals surface area contributed by atoms with Crippen LogP contribution < -0.4 is 0 Å². The molecule has 1 atom stereocenters. The van der Waals surface area contributed by atoms with E-state index in [2.05, 4.69) is 15.9 Å². The number of alkyl halides is 1. The van der Waals surface area contributed by atoms with Gasteiger partial charge in [0.1, 0.15) is 0 Å². The van der Waals surface area contributed by atoms with Crippen LogP contribution in [0.3, 0.4) is 0 Å². The fraction of sp³-hybridized carbons (Fsp3) is 1.00. The minimum atomic E-state index is -1.23. The molecule has 2 nitrogen and oxygen atoms in total. The van der Waals surface area contributed by atoms with Crippen LogP contribution >= 0.6 is 15.9 Å². The predicted molar refractivity (Wildman–Crippen MR) is 33.8 cm³/mol. The zero-order chi connectivity index (χ0) is 5.15. The van der Waals surface area contributed by atoms with Crippen molar-refractivity contribution in [3.05, 3.63) is 0 Å². The molecule has 0 heterocycles. The summed E-state index contributed by atoms with van der Waals surface area (Å²) in [7, 11) is 0. The number of rotatable bonds is 1. The van der Waals surface area contributed by atoms with Gasteiger partial charge in [0.25, 0.3) is 0 Å². The molecule has 0 aromatic rings. The van der Waals surface area contributed by atoms with Gasteiger partial charge in [-0.25, -0.2) is 0 Å². The number of halogens is 1. The third-order valence-electron chi connectivity index (χ3n) is 0.411. The van der Waals surface area contributed by atoms with E-state index in [-0.39, 0.29) is 34.4 Å². The van der Waals surface area contributed by atoms with E-state index in [1.807, 2.05) is 0 Å². The SMILES string of the molecule is CC(Br)C(O)O.[NaH]. The van der Waals surface area contributed by atoms with Crippen molar-refractivity contribution in [1.29, 1.82) is 0 Å². The molecule has 0 aromatic carbocycles. The molecule has 0 saturated heterocycles. The van der Waals surface area contributed by atoms with Crippen LogP contribution in [0, 0.1) is 0 Å². The Bertz CT molecular complexity index is 33.9. The van der Waals surface area contributed by atoms with Gasteiger partial charge in [-0.2, -0.15) is 0 Å². The van der Waals surface area contributed by atoms with Crippen LogP contribution in [0.2, 0.25) is 0 Å². The maximum absolute atomic E-state index is 8.14. The molecule has 0 aliphatic carbocycles. The monoisotopic (exact) mass is 178 g/mol. The third kappa shape index (κ3) is 7.40. The number of aliphatic hydroxyl groups is 2. The topological polar surface area (TPSA) is 40.5 Å². The summed E-state index contributed by atoms with van der Waals surface area (Å²) >= 11 is 2.94. The fourth-order valence-corrected chi connectivity index (χ4v) is 0. The van der Waals surface area contributed by atoms with E-state index in [1.165, 1.54) is 0 Å². The molecule has 0 saturated carbocycles. The summed E-state index contributed by atoms with van der Waals surface area (Å²) in [5, 5.41) is 16.3. The zero-order valence-corrected chi connectivity index (χ0v) is 5.01. The van der Waals surface area contributed by atoms with Gasteiger partial charge in [-0.3, -0.25) is 0 Å². The van der Waals surface area contributed by atoms with Crippen molar-refractivity contribution in [3.63, 3.8) is 0 Å². The van der Waals surface area contributed by atoms with Crippen LogP contribution in [-0.2, 0) is 0 Å². The van der Waals surface area contributed by atoms with Crippen LogP contribution in [0.15, 0.2) is 0 Å². The maximum atomic E-state index is 8.14. The van der Waals surface area contributed by atoms with Gasteiger partial charge >= 0.3 is 29.6 Å². The second-order valence-corrected chi connectivity index (χ2v) is 2.54. The van der Waals surface area contributed by atoms with Crippen LogP contribution in [0.25, 0.3) is 0 Å². The van der Waals surface area contributed by atoms with Crippen LogP contribution in [0.1, 0.15) is 6.92 Å². The second-order valence-electron chi connectivity index (χ2n) is 1.09. The van der Waals surface area contributed by atoms with Crippen molar-refractivity contribution in [2.24, 2.45) is 0 Å². The zero-order valence-electron chi connectivity index (χ0n) is 3.43. The molecule has 0 bridgehead atoms. The Morgan fingerprint density at radius 2 is 1.57 bits per heavy atom. The summed E-state index contributed by atoms with van der Waals surface area (Å²) in [6, 6.07) is 0. The van der Waals surface area contributed by atoms with Crippen LogP contribution in [0.4, 0.5) is 0 Å². The van der Waals surface area contributed by atoms with Crippen LogP contribution in [-0.4, -0.2) is 50.9 Å². The van der Waals surface area contributed by atoms with Crippen molar-refractivity contribution in [2.75, 3.05) is 0 Å². The third-order valence-corrected chi connectivity index (χ3v) is 0.884. The molecule has 0 amide bonds. The molecule has 0 aromatic heterocycles. The summed E-state index contributed by atoms with van der Waals surface area (Å²) in [6.45, 7) is 1.66. The Hall–Kier alpha value is 1.40. The van der Waals surface area contributed by atoms with E-state index < -0.39 is 6.29 Å². The van der Waals surface area contributed by atoms with Gasteiger partial charge in [-0.05, 0) is 6.92 Å². The normalized spacial score (nSPS) is 13.3. The second kappa shape index (κ2) is 5.54. The van der Waals surface area contributed by atoms with Gasteiger partial charge in [-0.15, -0.1) is 0 Å². The summed E-state index contributed by atoms with van der Waals surface area (Å²) in [4.78, 5) is -0.225. The van der Waals surface area contributed by atoms with Crippen molar-refractivity contribution in [1.82, 2.24) is 0 Å². The molecule has 40 valence electrons. The predicted octanol–water partition coefficient (Wildman–Crippen LogP) is -0.568. The molecule has 2 N–H and O–H groups in total. The van der Waals surface area contributed by atoms with Crippen molar-refractivity contribution < 1.29 is 10.2 Å². The van der Waals surface area contributed by atoms with Crippen LogP contribution in [0.5, 0.6) is 0 Å². The Morgan fingerprint density at radius 1 is 1.43 bits per heavy atom. The molecule has 7 heavy (non-hydrogen) atoms. The fourth-order valence-electron chi connectivity index (χ4n) is 0. The molecule has 0 spiro atoms. The first-order valence-corrected chi connectivity index (χ1v) is 2.56. The molecule has 0 fully saturated rings. The van der Waals surface area contributed by atoms with E-state index in [1.54, 1.807) is 6.92 Å². The van der Waals surface area contributed by atoms with E-state index >= 15 is 0 Å². The number of aliphatic hydroxyl groups excluding tert-OH is 1. The summed E-state index contributed by atoms with van der Waals surface area (Å²) < 4.78 is 0. The van der Waals surface area contributed by atoms with Gasteiger partial charge in [0.05, 0.1) is 4.83 Å². The summed E-state index contributed by atoms with van der Waals surface area (Å²) in [5.74, 6) is 0. The first kappa shape index (κ1) is 11.2. The first-order chi connectivity index (χ1) is 2.64. The Kier molecular flexibility index (Phi) is 8.88. The van der Waals surface area contributed by atoms with E-state index in [9.17, 15) is 0 Å². The quantitative estimate of drug-likeness (QED) is 0.321. The molecule has 4 heteroatoms. The van der Waals surface area contributed by atoms with Crippen molar-refractivity contribution >= 4 is 45.5 Å². The van der Waals surface area contributed by atoms with E-state index in [4.69, 9.17) is 10.2 Å². The van der Waals surface area contributed by atoms with Crippen molar-refractivity contribution in [3.8, 4) is 0 Å². The Labute approximate surface area is 73.3 Å². The molecule has 0 radical (unpaired) electrons. The summed E-state index contributed by atoms with van der Waals surface area (Å²) in [6.07, 6.45) is -1.23. The average molecular weight is 179 g/mol. The van der Waals surface area contributed by atoms with Gasteiger partial charge in [0.15, 0.2) is 6.29 Å².